The lowest BCUT2D eigenvalue weighted by Crippen LogP contribution is -2.46. The average molecular weight is 310 g/mol. The molecule has 2 rings (SSSR count). The van der Waals surface area contributed by atoms with Crippen LogP contribution in [0.25, 0.3) is 0 Å². The first kappa shape index (κ1) is 16.5. The molecule has 1 fully saturated rings. The number of sulfonamides is 1. The minimum atomic E-state index is -3.46. The van der Waals surface area contributed by atoms with Gasteiger partial charge in [0.1, 0.15) is 0 Å². The van der Waals surface area contributed by atoms with Crippen LogP contribution in [0.4, 0.5) is 0 Å². The maximum absolute atomic E-state index is 12.5. The predicted octanol–water partition coefficient (Wildman–Crippen LogP) is 2.95. The number of rotatable bonds is 4. The van der Waals surface area contributed by atoms with E-state index in [2.05, 4.69) is 18.6 Å². The summed E-state index contributed by atoms with van der Waals surface area (Å²) in [4.78, 5) is 0.313. The second kappa shape index (κ2) is 6.07. The van der Waals surface area contributed by atoms with Crippen LogP contribution in [0.5, 0.6) is 0 Å². The van der Waals surface area contributed by atoms with E-state index in [1.807, 2.05) is 6.92 Å². The predicted molar refractivity (Wildman–Crippen MR) is 85.4 cm³/mol. The summed E-state index contributed by atoms with van der Waals surface area (Å²) in [7, 11) is -3.46. The maximum Gasteiger partial charge on any atom is 0.240 e. The van der Waals surface area contributed by atoms with E-state index in [1.54, 1.807) is 24.3 Å². The van der Waals surface area contributed by atoms with Crippen LogP contribution in [0.3, 0.4) is 0 Å². The van der Waals surface area contributed by atoms with Gasteiger partial charge in [0.2, 0.25) is 10.0 Å². The molecule has 0 saturated heterocycles. The van der Waals surface area contributed by atoms with Gasteiger partial charge in [0.05, 0.1) is 4.90 Å². The molecule has 0 spiro atoms. The Labute approximate surface area is 128 Å². The van der Waals surface area contributed by atoms with Crippen molar-refractivity contribution in [3.63, 3.8) is 0 Å². The Hall–Kier alpha value is -0.910. The van der Waals surface area contributed by atoms with Crippen molar-refractivity contribution in [2.45, 2.75) is 63.4 Å². The highest BCUT2D eigenvalue weighted by molar-refractivity contribution is 7.89. The minimum absolute atomic E-state index is 0.00404. The molecule has 0 aliphatic heterocycles. The first-order chi connectivity index (χ1) is 9.72. The summed E-state index contributed by atoms with van der Waals surface area (Å²) in [5, 5.41) is 0. The maximum atomic E-state index is 12.5. The summed E-state index contributed by atoms with van der Waals surface area (Å²) in [6, 6.07) is 6.75. The molecule has 21 heavy (non-hydrogen) atoms. The first-order valence-corrected chi connectivity index (χ1v) is 9.08. The molecule has 3 N–H and O–H groups in total. The van der Waals surface area contributed by atoms with Crippen LogP contribution in [0.1, 0.15) is 58.1 Å². The van der Waals surface area contributed by atoms with Gasteiger partial charge in [-0.2, -0.15) is 0 Å². The molecule has 2 unspecified atom stereocenters. The Morgan fingerprint density at radius 3 is 2.38 bits per heavy atom. The quantitative estimate of drug-likeness (QED) is 0.898. The van der Waals surface area contributed by atoms with Gasteiger partial charge in [-0.1, -0.05) is 38.8 Å². The van der Waals surface area contributed by atoms with E-state index in [9.17, 15) is 8.42 Å². The van der Waals surface area contributed by atoms with Gasteiger partial charge in [0.15, 0.2) is 0 Å². The fourth-order valence-corrected chi connectivity index (χ4v) is 4.36. The number of nitrogens with one attached hydrogen (secondary N) is 1. The van der Waals surface area contributed by atoms with Gasteiger partial charge in [-0.25, -0.2) is 13.1 Å². The van der Waals surface area contributed by atoms with Gasteiger partial charge < -0.3 is 5.73 Å². The van der Waals surface area contributed by atoms with E-state index in [1.165, 1.54) is 6.42 Å². The fraction of sp³-hybridized carbons (Fsp3) is 0.625. The molecule has 2 atom stereocenters. The number of nitrogens with two attached hydrogens (primary N) is 1. The minimum Gasteiger partial charge on any atom is -0.324 e. The highest BCUT2D eigenvalue weighted by Crippen LogP contribution is 2.36. The SMILES string of the molecule is CC(N)c1ccc(S(=O)(=O)NC2CCCCC2(C)C)cc1. The van der Waals surface area contributed by atoms with E-state index in [-0.39, 0.29) is 17.5 Å². The van der Waals surface area contributed by atoms with Crippen LogP contribution < -0.4 is 10.5 Å². The van der Waals surface area contributed by atoms with Crippen molar-refractivity contribution in [1.29, 1.82) is 0 Å². The van der Waals surface area contributed by atoms with E-state index < -0.39 is 10.0 Å². The van der Waals surface area contributed by atoms with Gasteiger partial charge in [-0.3, -0.25) is 0 Å². The molecule has 1 aromatic carbocycles. The monoisotopic (exact) mass is 310 g/mol. The molecule has 4 nitrogen and oxygen atoms in total. The van der Waals surface area contributed by atoms with Crippen molar-refractivity contribution in [3.8, 4) is 0 Å². The number of hydrogen-bond acceptors (Lipinski definition) is 3. The highest BCUT2D eigenvalue weighted by atomic mass is 32.2. The summed E-state index contributed by atoms with van der Waals surface area (Å²) >= 11 is 0. The van der Waals surface area contributed by atoms with Crippen molar-refractivity contribution < 1.29 is 8.42 Å². The van der Waals surface area contributed by atoms with Gasteiger partial charge >= 0.3 is 0 Å². The van der Waals surface area contributed by atoms with Crippen molar-refractivity contribution in [2.24, 2.45) is 11.1 Å². The van der Waals surface area contributed by atoms with Gasteiger partial charge in [-0.15, -0.1) is 0 Å². The number of benzene rings is 1. The van der Waals surface area contributed by atoms with Crippen LogP contribution in [0.15, 0.2) is 29.2 Å². The van der Waals surface area contributed by atoms with Gasteiger partial charge in [0, 0.05) is 12.1 Å². The summed E-state index contributed by atoms with van der Waals surface area (Å²) < 4.78 is 27.9. The molecule has 0 aromatic heterocycles. The third-order valence-corrected chi connectivity index (χ3v) is 6.01. The smallest absolute Gasteiger partial charge is 0.240 e. The third kappa shape index (κ3) is 3.84. The highest BCUT2D eigenvalue weighted by Gasteiger charge is 2.35. The van der Waals surface area contributed by atoms with E-state index >= 15 is 0 Å². The van der Waals surface area contributed by atoms with Crippen molar-refractivity contribution in [3.05, 3.63) is 29.8 Å². The molecule has 1 aromatic rings. The van der Waals surface area contributed by atoms with E-state index in [4.69, 9.17) is 5.73 Å². The molecule has 1 saturated carbocycles. The Kier molecular flexibility index (Phi) is 4.76. The molecular formula is C16H26N2O2S. The van der Waals surface area contributed by atoms with Crippen LogP contribution in [-0.4, -0.2) is 14.5 Å². The van der Waals surface area contributed by atoms with Crippen LogP contribution in [0.2, 0.25) is 0 Å². The zero-order valence-electron chi connectivity index (χ0n) is 13.1. The molecule has 0 heterocycles. The fourth-order valence-electron chi connectivity index (χ4n) is 2.92. The van der Waals surface area contributed by atoms with Gasteiger partial charge in [0.25, 0.3) is 0 Å². The third-order valence-electron chi connectivity index (χ3n) is 4.52. The zero-order chi connectivity index (χ0) is 15.7. The summed E-state index contributed by atoms with van der Waals surface area (Å²) in [6.45, 7) is 6.16. The molecule has 5 heteroatoms. The Bertz CT molecular complexity index is 577. The lowest BCUT2D eigenvalue weighted by Gasteiger charge is -2.38. The molecule has 0 radical (unpaired) electrons. The Morgan fingerprint density at radius 1 is 1.24 bits per heavy atom. The van der Waals surface area contributed by atoms with Crippen LogP contribution in [0, 0.1) is 5.41 Å². The molecule has 0 bridgehead atoms. The Balaban J connectivity index is 2.18. The summed E-state index contributed by atoms with van der Waals surface area (Å²) in [5.41, 5.74) is 6.74. The van der Waals surface area contributed by atoms with Crippen LogP contribution in [-0.2, 0) is 10.0 Å². The van der Waals surface area contributed by atoms with E-state index in [0.717, 1.165) is 24.8 Å². The molecule has 118 valence electrons. The molecular weight excluding hydrogens is 284 g/mol. The summed E-state index contributed by atoms with van der Waals surface area (Å²) in [6.07, 6.45) is 4.22. The summed E-state index contributed by atoms with van der Waals surface area (Å²) in [5.74, 6) is 0. The largest absolute Gasteiger partial charge is 0.324 e. The molecule has 0 amide bonds. The normalized spacial score (nSPS) is 23.7. The van der Waals surface area contributed by atoms with Crippen LogP contribution >= 0.6 is 0 Å². The molecule has 1 aliphatic rings. The van der Waals surface area contributed by atoms with Gasteiger partial charge in [-0.05, 0) is 42.9 Å². The van der Waals surface area contributed by atoms with Crippen molar-refractivity contribution >= 4 is 10.0 Å². The first-order valence-electron chi connectivity index (χ1n) is 7.60. The van der Waals surface area contributed by atoms with Crippen molar-refractivity contribution in [2.75, 3.05) is 0 Å². The second-order valence-electron chi connectivity index (χ2n) is 6.77. The topological polar surface area (TPSA) is 72.2 Å². The standard InChI is InChI=1S/C16H26N2O2S/c1-12(17)13-7-9-14(10-8-13)21(19,20)18-15-6-4-5-11-16(15,2)3/h7-10,12,15,18H,4-6,11,17H2,1-3H3. The second-order valence-corrected chi connectivity index (χ2v) is 8.48. The Morgan fingerprint density at radius 2 is 1.86 bits per heavy atom. The van der Waals surface area contributed by atoms with Crippen molar-refractivity contribution in [1.82, 2.24) is 4.72 Å². The zero-order valence-corrected chi connectivity index (χ0v) is 13.9. The lowest BCUT2D eigenvalue weighted by molar-refractivity contribution is 0.188. The van der Waals surface area contributed by atoms with E-state index in [0.29, 0.717) is 4.90 Å². The molecule has 1 aliphatic carbocycles. The average Bonchev–Trinajstić information content (AvgIpc) is 2.41. The lowest BCUT2D eigenvalue weighted by atomic mass is 9.74. The number of hydrogen-bond donors (Lipinski definition) is 2.